The van der Waals surface area contributed by atoms with Gasteiger partial charge in [0, 0.05) is 38.1 Å². The number of anilines is 2. The minimum Gasteiger partial charge on any atom is -0.370 e. The van der Waals surface area contributed by atoms with E-state index in [2.05, 4.69) is 31.2 Å². The summed E-state index contributed by atoms with van der Waals surface area (Å²) in [5.41, 5.74) is 1.08. The van der Waals surface area contributed by atoms with Gasteiger partial charge in [0.15, 0.2) is 0 Å². The molecule has 0 aliphatic carbocycles. The predicted octanol–water partition coefficient (Wildman–Crippen LogP) is 2.22. The Balaban J connectivity index is 2.19. The molecule has 0 amide bonds. The van der Waals surface area contributed by atoms with Crippen LogP contribution in [0, 0.1) is 11.3 Å². The molecule has 0 aromatic carbocycles. The van der Waals surface area contributed by atoms with Crippen LogP contribution in [0.4, 0.5) is 11.6 Å². The lowest BCUT2D eigenvalue weighted by Crippen LogP contribution is -2.25. The lowest BCUT2D eigenvalue weighted by atomic mass is 10.2. The van der Waals surface area contributed by atoms with Crippen molar-refractivity contribution in [2.75, 3.05) is 23.3 Å². The van der Waals surface area contributed by atoms with E-state index in [1.807, 2.05) is 31.3 Å². The highest BCUT2D eigenvalue weighted by molar-refractivity contribution is 5.48. The molecule has 0 atom stereocenters. The molecular weight excluding hydrogens is 264 g/mol. The van der Waals surface area contributed by atoms with Gasteiger partial charge >= 0.3 is 0 Å². The van der Waals surface area contributed by atoms with E-state index in [0.717, 1.165) is 23.7 Å². The highest BCUT2D eigenvalue weighted by Gasteiger charge is 2.10. The molecule has 0 bridgehead atoms. The molecule has 108 valence electrons. The Bertz CT molecular complexity index is 593. The highest BCUT2D eigenvalue weighted by atomic mass is 15.2. The zero-order chi connectivity index (χ0) is 14.9. The van der Waals surface area contributed by atoms with Crippen LogP contribution < -0.4 is 10.2 Å². The van der Waals surface area contributed by atoms with E-state index in [9.17, 15) is 0 Å². The topological polar surface area (TPSA) is 77.7 Å². The monoisotopic (exact) mass is 282 g/mol. The molecule has 0 fully saturated rings. The Kier molecular flexibility index (Phi) is 5.47. The molecule has 6 heteroatoms. The second kappa shape index (κ2) is 7.80. The van der Waals surface area contributed by atoms with Crippen LogP contribution in [0.2, 0.25) is 0 Å². The zero-order valence-corrected chi connectivity index (χ0v) is 12.0. The number of pyridine rings is 1. The third-order valence-electron chi connectivity index (χ3n) is 2.92. The summed E-state index contributed by atoms with van der Waals surface area (Å²) in [4.78, 5) is 14.7. The van der Waals surface area contributed by atoms with Crippen molar-refractivity contribution in [2.24, 2.45) is 0 Å². The van der Waals surface area contributed by atoms with Crippen molar-refractivity contribution in [3.05, 3.63) is 42.5 Å². The minimum absolute atomic E-state index is 0.445. The van der Waals surface area contributed by atoms with Crippen LogP contribution in [0.5, 0.6) is 0 Å². The maximum atomic E-state index is 8.83. The fourth-order valence-electron chi connectivity index (χ4n) is 1.97. The van der Waals surface area contributed by atoms with Crippen molar-refractivity contribution in [1.29, 1.82) is 5.26 Å². The third kappa shape index (κ3) is 4.42. The maximum Gasteiger partial charge on any atom is 0.134 e. The second-order valence-corrected chi connectivity index (χ2v) is 4.48. The van der Waals surface area contributed by atoms with Crippen molar-refractivity contribution >= 4 is 11.6 Å². The van der Waals surface area contributed by atoms with Crippen LogP contribution in [0.25, 0.3) is 0 Å². The Labute approximate surface area is 124 Å². The van der Waals surface area contributed by atoms with E-state index in [1.165, 1.54) is 6.33 Å². The van der Waals surface area contributed by atoms with Crippen LogP contribution in [0.3, 0.4) is 0 Å². The van der Waals surface area contributed by atoms with Gasteiger partial charge in [-0.25, -0.2) is 9.97 Å². The summed E-state index contributed by atoms with van der Waals surface area (Å²) < 4.78 is 0. The van der Waals surface area contributed by atoms with Gasteiger partial charge in [0.2, 0.25) is 0 Å². The molecule has 1 N–H and O–H groups in total. The summed E-state index contributed by atoms with van der Waals surface area (Å²) in [5.74, 6) is 1.59. The van der Waals surface area contributed by atoms with Crippen LogP contribution in [0.15, 0.2) is 36.9 Å². The van der Waals surface area contributed by atoms with Crippen LogP contribution in [0.1, 0.15) is 18.9 Å². The molecule has 21 heavy (non-hydrogen) atoms. The molecule has 2 aromatic rings. The van der Waals surface area contributed by atoms with Crippen molar-refractivity contribution in [1.82, 2.24) is 15.0 Å². The molecule has 2 aromatic heterocycles. The van der Waals surface area contributed by atoms with Gasteiger partial charge in [-0.05, 0) is 18.6 Å². The molecule has 6 nitrogen and oxygen atoms in total. The highest BCUT2D eigenvalue weighted by Crippen LogP contribution is 2.17. The first-order valence-corrected chi connectivity index (χ1v) is 6.90. The van der Waals surface area contributed by atoms with E-state index in [1.54, 1.807) is 6.20 Å². The van der Waals surface area contributed by atoms with Crippen molar-refractivity contribution in [3.63, 3.8) is 0 Å². The smallest absolute Gasteiger partial charge is 0.134 e. The molecule has 0 aliphatic heterocycles. The lowest BCUT2D eigenvalue weighted by molar-refractivity contribution is 0.777. The Hall–Kier alpha value is -2.68. The standard InChI is InChI=1S/C15H18N6/c1-2-18-14-9-15(20-12-19-14)21(8-4-6-16)11-13-5-3-7-17-10-13/h3,5,7,9-10,12H,2,4,8,11H2,1H3,(H,18,19,20). The quantitative estimate of drug-likeness (QED) is 0.839. The number of hydrogen-bond acceptors (Lipinski definition) is 6. The average Bonchev–Trinajstić information content (AvgIpc) is 2.53. The molecule has 2 rings (SSSR count). The summed E-state index contributed by atoms with van der Waals surface area (Å²) in [6, 6.07) is 7.99. The van der Waals surface area contributed by atoms with Gasteiger partial charge in [-0.15, -0.1) is 0 Å². The average molecular weight is 282 g/mol. The van der Waals surface area contributed by atoms with Crippen molar-refractivity contribution < 1.29 is 0 Å². The summed E-state index contributed by atoms with van der Waals surface area (Å²) in [7, 11) is 0. The number of nitrogens with zero attached hydrogens (tertiary/aromatic N) is 5. The van der Waals surface area contributed by atoms with E-state index in [-0.39, 0.29) is 0 Å². The third-order valence-corrected chi connectivity index (χ3v) is 2.92. The Morgan fingerprint density at radius 2 is 2.29 bits per heavy atom. The normalized spacial score (nSPS) is 9.90. The van der Waals surface area contributed by atoms with Gasteiger partial charge in [0.1, 0.15) is 18.0 Å². The van der Waals surface area contributed by atoms with E-state index in [4.69, 9.17) is 5.26 Å². The number of nitriles is 1. The first kappa shape index (κ1) is 14.7. The number of rotatable bonds is 7. The number of aromatic nitrogens is 3. The molecule has 0 saturated heterocycles. The van der Waals surface area contributed by atoms with Crippen LogP contribution in [-0.4, -0.2) is 28.0 Å². The fourth-order valence-corrected chi connectivity index (χ4v) is 1.97. The lowest BCUT2D eigenvalue weighted by Gasteiger charge is -2.22. The maximum absolute atomic E-state index is 8.83. The molecule has 0 spiro atoms. The summed E-state index contributed by atoms with van der Waals surface area (Å²) in [5, 5.41) is 12.0. The molecule has 0 saturated carbocycles. The van der Waals surface area contributed by atoms with Crippen molar-refractivity contribution in [3.8, 4) is 6.07 Å². The van der Waals surface area contributed by atoms with Gasteiger partial charge in [-0.2, -0.15) is 5.26 Å². The largest absolute Gasteiger partial charge is 0.370 e. The Morgan fingerprint density at radius 1 is 1.38 bits per heavy atom. The first-order chi connectivity index (χ1) is 10.3. The van der Waals surface area contributed by atoms with Gasteiger partial charge in [0.25, 0.3) is 0 Å². The van der Waals surface area contributed by atoms with E-state index < -0.39 is 0 Å². The van der Waals surface area contributed by atoms with Crippen molar-refractivity contribution in [2.45, 2.75) is 19.9 Å². The zero-order valence-electron chi connectivity index (χ0n) is 12.0. The SMILES string of the molecule is CCNc1cc(N(CCC#N)Cc2cccnc2)ncn1. The minimum atomic E-state index is 0.445. The van der Waals surface area contributed by atoms with Gasteiger partial charge in [-0.3, -0.25) is 4.98 Å². The summed E-state index contributed by atoms with van der Waals surface area (Å²) in [6.07, 6.45) is 5.56. The molecule has 0 unspecified atom stereocenters. The van der Waals surface area contributed by atoms with Crippen LogP contribution >= 0.6 is 0 Å². The van der Waals surface area contributed by atoms with Gasteiger partial charge in [-0.1, -0.05) is 6.07 Å². The van der Waals surface area contributed by atoms with Gasteiger partial charge < -0.3 is 10.2 Å². The Morgan fingerprint density at radius 3 is 3.00 bits per heavy atom. The summed E-state index contributed by atoms with van der Waals surface area (Å²) >= 11 is 0. The van der Waals surface area contributed by atoms with Gasteiger partial charge in [0.05, 0.1) is 12.5 Å². The number of hydrogen-bond donors (Lipinski definition) is 1. The molecule has 0 radical (unpaired) electrons. The molecule has 0 aliphatic rings. The van der Waals surface area contributed by atoms with E-state index in [0.29, 0.717) is 19.5 Å². The van der Waals surface area contributed by atoms with E-state index >= 15 is 0 Å². The second-order valence-electron chi connectivity index (χ2n) is 4.48. The first-order valence-electron chi connectivity index (χ1n) is 6.90. The number of nitrogens with one attached hydrogen (secondary N) is 1. The predicted molar refractivity (Wildman–Crippen MR) is 81.7 cm³/mol. The van der Waals surface area contributed by atoms with Crippen LogP contribution in [-0.2, 0) is 6.54 Å². The summed E-state index contributed by atoms with van der Waals surface area (Å²) in [6.45, 7) is 4.11. The molecular formula is C15H18N6. The molecule has 2 heterocycles. The fraction of sp³-hybridized carbons (Fsp3) is 0.333.